The fourth-order valence-corrected chi connectivity index (χ4v) is 4.44. The Labute approximate surface area is 159 Å². The lowest BCUT2D eigenvalue weighted by atomic mass is 10.1. The standard InChI is InChI=1S/C18H16Cl2N2O2S/c19-11-1-4-16(13(20)9-11)24-12-5-7-22(8-6-12)14-2-3-15(23)17-18(14)25-10-21-17/h1-4,9-10,12,23H,5-8H2. The van der Waals surface area contributed by atoms with Crippen molar-refractivity contribution in [3.05, 3.63) is 45.9 Å². The lowest BCUT2D eigenvalue weighted by Gasteiger charge is -2.34. The molecule has 0 bridgehead atoms. The topological polar surface area (TPSA) is 45.6 Å². The zero-order chi connectivity index (χ0) is 17.4. The van der Waals surface area contributed by atoms with E-state index in [1.54, 1.807) is 35.0 Å². The number of benzene rings is 2. The molecule has 1 aliphatic rings. The van der Waals surface area contributed by atoms with Crippen molar-refractivity contribution in [3.8, 4) is 11.5 Å². The summed E-state index contributed by atoms with van der Waals surface area (Å²) in [6.07, 6.45) is 1.93. The monoisotopic (exact) mass is 394 g/mol. The maximum absolute atomic E-state index is 9.92. The average molecular weight is 395 g/mol. The van der Waals surface area contributed by atoms with Gasteiger partial charge in [-0.1, -0.05) is 23.2 Å². The van der Waals surface area contributed by atoms with E-state index in [0.29, 0.717) is 21.3 Å². The van der Waals surface area contributed by atoms with Gasteiger partial charge in [-0.15, -0.1) is 11.3 Å². The third-order valence-corrected chi connectivity index (χ3v) is 5.79. The minimum Gasteiger partial charge on any atom is -0.506 e. The first-order valence-electron chi connectivity index (χ1n) is 8.03. The van der Waals surface area contributed by atoms with Gasteiger partial charge in [0.2, 0.25) is 0 Å². The molecule has 1 N–H and O–H groups in total. The summed E-state index contributed by atoms with van der Waals surface area (Å²) in [4.78, 5) is 6.58. The van der Waals surface area contributed by atoms with Gasteiger partial charge in [0, 0.05) is 31.0 Å². The van der Waals surface area contributed by atoms with Crippen LogP contribution in [-0.4, -0.2) is 29.3 Å². The van der Waals surface area contributed by atoms with Crippen LogP contribution in [0.15, 0.2) is 35.8 Å². The van der Waals surface area contributed by atoms with Crippen LogP contribution in [0.3, 0.4) is 0 Å². The van der Waals surface area contributed by atoms with Gasteiger partial charge in [-0.2, -0.15) is 0 Å². The molecule has 7 heteroatoms. The number of aromatic nitrogens is 1. The van der Waals surface area contributed by atoms with Crippen molar-refractivity contribution in [1.29, 1.82) is 0 Å². The summed E-state index contributed by atoms with van der Waals surface area (Å²) < 4.78 is 7.08. The van der Waals surface area contributed by atoms with Crippen LogP contribution in [0.25, 0.3) is 10.2 Å². The Bertz CT molecular complexity index is 907. The normalized spacial score (nSPS) is 15.7. The molecule has 0 atom stereocenters. The Morgan fingerprint density at radius 3 is 2.72 bits per heavy atom. The molecule has 0 unspecified atom stereocenters. The van der Waals surface area contributed by atoms with Crippen molar-refractivity contribution in [3.63, 3.8) is 0 Å². The van der Waals surface area contributed by atoms with E-state index in [1.807, 2.05) is 12.1 Å². The van der Waals surface area contributed by atoms with Gasteiger partial charge in [0.25, 0.3) is 0 Å². The van der Waals surface area contributed by atoms with E-state index in [-0.39, 0.29) is 11.9 Å². The first-order chi connectivity index (χ1) is 12.1. The average Bonchev–Trinajstić information content (AvgIpc) is 3.09. The third-order valence-electron chi connectivity index (χ3n) is 4.41. The van der Waals surface area contributed by atoms with Gasteiger partial charge in [-0.05, 0) is 30.3 Å². The highest BCUT2D eigenvalue weighted by Crippen LogP contribution is 2.37. The predicted molar refractivity (Wildman–Crippen MR) is 104 cm³/mol. The SMILES string of the molecule is Oc1ccc(N2CCC(Oc3ccc(Cl)cc3Cl)CC2)c2scnc12. The Morgan fingerprint density at radius 2 is 1.96 bits per heavy atom. The molecule has 1 aromatic heterocycles. The molecule has 0 radical (unpaired) electrons. The number of nitrogens with zero attached hydrogens (tertiary/aromatic N) is 2. The van der Waals surface area contributed by atoms with Gasteiger partial charge in [0.15, 0.2) is 0 Å². The Balaban J connectivity index is 1.46. The minimum atomic E-state index is 0.129. The van der Waals surface area contributed by atoms with Gasteiger partial charge in [0.05, 0.1) is 20.9 Å². The lowest BCUT2D eigenvalue weighted by Crippen LogP contribution is -2.38. The number of ether oxygens (including phenoxy) is 1. The molecule has 0 aliphatic carbocycles. The summed E-state index contributed by atoms with van der Waals surface area (Å²) in [5, 5.41) is 11.1. The number of aromatic hydroxyl groups is 1. The Kier molecular flexibility index (Phi) is 4.63. The summed E-state index contributed by atoms with van der Waals surface area (Å²) in [6.45, 7) is 1.77. The fourth-order valence-electron chi connectivity index (χ4n) is 3.14. The molecule has 2 aromatic carbocycles. The molecule has 3 aromatic rings. The van der Waals surface area contributed by atoms with E-state index in [0.717, 1.165) is 36.3 Å². The van der Waals surface area contributed by atoms with Crippen molar-refractivity contribution in [2.45, 2.75) is 18.9 Å². The Morgan fingerprint density at radius 1 is 1.16 bits per heavy atom. The molecule has 25 heavy (non-hydrogen) atoms. The molecule has 2 heterocycles. The van der Waals surface area contributed by atoms with E-state index in [9.17, 15) is 5.11 Å². The van der Waals surface area contributed by atoms with Crippen LogP contribution in [0.4, 0.5) is 5.69 Å². The van der Waals surface area contributed by atoms with Gasteiger partial charge < -0.3 is 14.7 Å². The van der Waals surface area contributed by atoms with Crippen LogP contribution in [0.2, 0.25) is 10.0 Å². The maximum Gasteiger partial charge on any atom is 0.142 e. The fraction of sp³-hybridized carbons (Fsp3) is 0.278. The number of phenolic OH excluding ortho intramolecular Hbond substituents is 1. The van der Waals surface area contributed by atoms with Crippen LogP contribution < -0.4 is 9.64 Å². The highest BCUT2D eigenvalue weighted by Gasteiger charge is 2.23. The molecule has 1 saturated heterocycles. The van der Waals surface area contributed by atoms with Crippen molar-refractivity contribution < 1.29 is 9.84 Å². The zero-order valence-corrected chi connectivity index (χ0v) is 15.6. The highest BCUT2D eigenvalue weighted by atomic mass is 35.5. The second kappa shape index (κ2) is 6.90. The number of thiazole rings is 1. The van der Waals surface area contributed by atoms with E-state index < -0.39 is 0 Å². The van der Waals surface area contributed by atoms with E-state index in [2.05, 4.69) is 9.88 Å². The summed E-state index contributed by atoms with van der Waals surface area (Å²) in [5.74, 6) is 0.912. The van der Waals surface area contributed by atoms with E-state index in [1.165, 1.54) is 0 Å². The molecule has 4 rings (SSSR count). The van der Waals surface area contributed by atoms with E-state index in [4.69, 9.17) is 27.9 Å². The molecule has 1 aliphatic heterocycles. The maximum atomic E-state index is 9.92. The van der Waals surface area contributed by atoms with Crippen LogP contribution in [0.1, 0.15) is 12.8 Å². The number of hydrogen-bond acceptors (Lipinski definition) is 5. The van der Waals surface area contributed by atoms with Crippen LogP contribution in [0.5, 0.6) is 11.5 Å². The molecule has 130 valence electrons. The molecule has 4 nitrogen and oxygen atoms in total. The largest absolute Gasteiger partial charge is 0.506 e. The molecule has 0 spiro atoms. The minimum absolute atomic E-state index is 0.129. The molecule has 1 fully saturated rings. The number of rotatable bonds is 3. The van der Waals surface area contributed by atoms with Gasteiger partial charge >= 0.3 is 0 Å². The smallest absolute Gasteiger partial charge is 0.142 e. The van der Waals surface area contributed by atoms with Gasteiger partial charge in [-0.3, -0.25) is 0 Å². The predicted octanol–water partition coefficient (Wildman–Crippen LogP) is 5.36. The van der Waals surface area contributed by atoms with Gasteiger partial charge in [-0.25, -0.2) is 4.98 Å². The highest BCUT2D eigenvalue weighted by molar-refractivity contribution is 7.17. The number of piperidine rings is 1. The third kappa shape index (κ3) is 3.36. The van der Waals surface area contributed by atoms with Crippen molar-refractivity contribution in [2.75, 3.05) is 18.0 Å². The number of fused-ring (bicyclic) bond motifs is 1. The second-order valence-electron chi connectivity index (χ2n) is 6.01. The van der Waals surface area contributed by atoms with Crippen LogP contribution >= 0.6 is 34.5 Å². The zero-order valence-electron chi connectivity index (χ0n) is 13.3. The molecule has 0 amide bonds. The first-order valence-corrected chi connectivity index (χ1v) is 9.67. The first kappa shape index (κ1) is 16.8. The second-order valence-corrected chi connectivity index (χ2v) is 7.71. The van der Waals surface area contributed by atoms with E-state index >= 15 is 0 Å². The van der Waals surface area contributed by atoms with Gasteiger partial charge in [0.1, 0.15) is 23.1 Å². The van der Waals surface area contributed by atoms with Crippen LogP contribution in [0, 0.1) is 0 Å². The number of anilines is 1. The molecular formula is C18H16Cl2N2O2S. The summed E-state index contributed by atoms with van der Waals surface area (Å²) >= 11 is 13.7. The van der Waals surface area contributed by atoms with Crippen LogP contribution in [-0.2, 0) is 0 Å². The molecular weight excluding hydrogens is 379 g/mol. The van der Waals surface area contributed by atoms with Crippen molar-refractivity contribution in [1.82, 2.24) is 4.98 Å². The number of halogens is 2. The number of hydrogen-bond donors (Lipinski definition) is 1. The summed E-state index contributed by atoms with van der Waals surface area (Å²) in [5.41, 5.74) is 3.57. The lowest BCUT2D eigenvalue weighted by molar-refractivity contribution is 0.171. The Hall–Kier alpha value is -1.69. The number of phenols is 1. The van der Waals surface area contributed by atoms with Crippen molar-refractivity contribution in [2.24, 2.45) is 0 Å². The molecule has 0 saturated carbocycles. The van der Waals surface area contributed by atoms with Crippen molar-refractivity contribution >= 4 is 50.4 Å². The quantitative estimate of drug-likeness (QED) is 0.649. The summed E-state index contributed by atoms with van der Waals surface area (Å²) in [7, 11) is 0. The summed E-state index contributed by atoms with van der Waals surface area (Å²) in [6, 6.07) is 8.98.